The number of carbonyl (C=O) groups is 2. The van der Waals surface area contributed by atoms with E-state index in [1.54, 1.807) is 30.5 Å². The van der Waals surface area contributed by atoms with Crippen LogP contribution in [0.4, 0.5) is 0 Å². The summed E-state index contributed by atoms with van der Waals surface area (Å²) in [5.41, 5.74) is 2.22. The number of nitriles is 1. The Kier molecular flexibility index (Phi) is 5.30. The molecule has 26 heavy (non-hydrogen) atoms. The van der Waals surface area contributed by atoms with Crippen molar-refractivity contribution in [2.45, 2.75) is 5.92 Å². The molecule has 0 fully saturated rings. The fourth-order valence-corrected chi connectivity index (χ4v) is 2.86. The van der Waals surface area contributed by atoms with E-state index in [0.29, 0.717) is 5.56 Å². The standard InChI is InChI=1S/C20H18N4O2/c21-10-11-22-20(26)17(13-24-19(25)14-6-2-1-3-7-14)16-12-23-18-9-5-4-8-15(16)18/h1-9,12,17,23H,11,13H2,(H,22,26)(H,24,25). The minimum atomic E-state index is -0.604. The maximum absolute atomic E-state index is 12.6. The lowest BCUT2D eigenvalue weighted by Crippen LogP contribution is -2.37. The Bertz CT molecular complexity index is 957. The summed E-state index contributed by atoms with van der Waals surface area (Å²) in [7, 11) is 0. The molecule has 2 amide bonds. The molecule has 6 nitrogen and oxygen atoms in total. The molecule has 2 aromatic carbocycles. The molecule has 3 N–H and O–H groups in total. The van der Waals surface area contributed by atoms with E-state index in [-0.39, 0.29) is 24.9 Å². The van der Waals surface area contributed by atoms with Gasteiger partial charge in [0.05, 0.1) is 12.0 Å². The fraction of sp³-hybridized carbons (Fsp3) is 0.150. The number of rotatable bonds is 6. The van der Waals surface area contributed by atoms with Crippen molar-refractivity contribution >= 4 is 22.7 Å². The maximum Gasteiger partial charge on any atom is 0.251 e. The lowest BCUT2D eigenvalue weighted by atomic mass is 9.97. The van der Waals surface area contributed by atoms with Crippen LogP contribution in [0.5, 0.6) is 0 Å². The van der Waals surface area contributed by atoms with E-state index in [1.807, 2.05) is 36.4 Å². The number of fused-ring (bicyclic) bond motifs is 1. The molecule has 6 heteroatoms. The van der Waals surface area contributed by atoms with Gasteiger partial charge >= 0.3 is 0 Å². The summed E-state index contributed by atoms with van der Waals surface area (Å²) in [6.45, 7) is 0.0527. The summed E-state index contributed by atoms with van der Waals surface area (Å²) >= 11 is 0. The van der Waals surface area contributed by atoms with Crippen molar-refractivity contribution in [3.63, 3.8) is 0 Å². The van der Waals surface area contributed by atoms with Crippen LogP contribution in [-0.4, -0.2) is 29.9 Å². The van der Waals surface area contributed by atoms with Crippen molar-refractivity contribution in [2.24, 2.45) is 0 Å². The maximum atomic E-state index is 12.6. The molecule has 130 valence electrons. The second-order valence-corrected chi connectivity index (χ2v) is 5.79. The minimum absolute atomic E-state index is 0.0790. The third-order valence-corrected chi connectivity index (χ3v) is 4.16. The summed E-state index contributed by atoms with van der Waals surface area (Å²) in [6.07, 6.45) is 1.77. The number of H-pyrrole nitrogens is 1. The third kappa shape index (κ3) is 3.73. The van der Waals surface area contributed by atoms with Gasteiger partial charge in [-0.15, -0.1) is 0 Å². The van der Waals surface area contributed by atoms with Gasteiger partial charge < -0.3 is 15.6 Å². The van der Waals surface area contributed by atoms with Crippen LogP contribution in [0.3, 0.4) is 0 Å². The number of nitrogens with zero attached hydrogens (tertiary/aromatic N) is 1. The smallest absolute Gasteiger partial charge is 0.251 e. The van der Waals surface area contributed by atoms with Crippen LogP contribution in [0.2, 0.25) is 0 Å². The van der Waals surface area contributed by atoms with Crippen LogP contribution in [-0.2, 0) is 4.79 Å². The number of aromatic amines is 1. The summed E-state index contributed by atoms with van der Waals surface area (Å²) < 4.78 is 0. The number of para-hydroxylation sites is 1. The molecule has 0 aliphatic rings. The number of nitrogens with one attached hydrogen (secondary N) is 3. The zero-order valence-electron chi connectivity index (χ0n) is 14.0. The highest BCUT2D eigenvalue weighted by Gasteiger charge is 2.24. The van der Waals surface area contributed by atoms with E-state index in [4.69, 9.17) is 5.26 Å². The summed E-state index contributed by atoms with van der Waals surface area (Å²) in [6, 6.07) is 18.4. The highest BCUT2D eigenvalue weighted by atomic mass is 16.2. The molecule has 0 saturated carbocycles. The number of benzene rings is 2. The normalized spacial score (nSPS) is 11.5. The van der Waals surface area contributed by atoms with E-state index in [0.717, 1.165) is 16.5 Å². The second-order valence-electron chi connectivity index (χ2n) is 5.79. The molecule has 1 aromatic heterocycles. The van der Waals surface area contributed by atoms with Gasteiger partial charge in [-0.1, -0.05) is 36.4 Å². The van der Waals surface area contributed by atoms with Gasteiger partial charge in [-0.05, 0) is 23.8 Å². The zero-order chi connectivity index (χ0) is 18.4. The van der Waals surface area contributed by atoms with Gasteiger partial charge in [0.25, 0.3) is 5.91 Å². The van der Waals surface area contributed by atoms with Crippen LogP contribution < -0.4 is 10.6 Å². The van der Waals surface area contributed by atoms with Crippen molar-refractivity contribution in [1.82, 2.24) is 15.6 Å². The van der Waals surface area contributed by atoms with Crippen LogP contribution in [0, 0.1) is 11.3 Å². The Morgan fingerprint density at radius 1 is 1.04 bits per heavy atom. The highest BCUT2D eigenvalue weighted by molar-refractivity contribution is 5.96. The van der Waals surface area contributed by atoms with E-state index >= 15 is 0 Å². The summed E-state index contributed by atoms with van der Waals surface area (Å²) in [5.74, 6) is -1.15. The Balaban J connectivity index is 1.83. The van der Waals surface area contributed by atoms with Crippen molar-refractivity contribution in [3.8, 4) is 6.07 Å². The average molecular weight is 346 g/mol. The van der Waals surface area contributed by atoms with E-state index in [2.05, 4.69) is 15.6 Å². The first-order valence-corrected chi connectivity index (χ1v) is 8.24. The molecule has 0 aliphatic heterocycles. The third-order valence-electron chi connectivity index (χ3n) is 4.16. The molecule has 0 spiro atoms. The fourth-order valence-electron chi connectivity index (χ4n) is 2.86. The minimum Gasteiger partial charge on any atom is -0.361 e. The summed E-state index contributed by atoms with van der Waals surface area (Å²) in [4.78, 5) is 28.0. The molecule has 0 bridgehead atoms. The van der Waals surface area contributed by atoms with Gasteiger partial charge in [0, 0.05) is 29.2 Å². The Hall–Kier alpha value is -3.59. The zero-order valence-corrected chi connectivity index (χ0v) is 14.0. The van der Waals surface area contributed by atoms with Crippen LogP contribution in [0.1, 0.15) is 21.8 Å². The number of aromatic nitrogens is 1. The largest absolute Gasteiger partial charge is 0.361 e. The van der Waals surface area contributed by atoms with E-state index in [1.165, 1.54) is 0 Å². The van der Waals surface area contributed by atoms with Gasteiger partial charge in [-0.3, -0.25) is 9.59 Å². The highest BCUT2D eigenvalue weighted by Crippen LogP contribution is 2.25. The van der Waals surface area contributed by atoms with E-state index in [9.17, 15) is 9.59 Å². The first kappa shape index (κ1) is 17.2. The van der Waals surface area contributed by atoms with Crippen LogP contribution in [0.15, 0.2) is 60.8 Å². The van der Waals surface area contributed by atoms with Crippen LogP contribution in [0.25, 0.3) is 10.9 Å². The predicted molar refractivity (Wildman–Crippen MR) is 98.4 cm³/mol. The van der Waals surface area contributed by atoms with Crippen molar-refractivity contribution in [2.75, 3.05) is 13.1 Å². The molecular formula is C20H18N4O2. The summed E-state index contributed by atoms with van der Waals surface area (Å²) in [5, 5.41) is 15.0. The second kappa shape index (κ2) is 7.99. The number of hydrogen-bond donors (Lipinski definition) is 3. The monoisotopic (exact) mass is 346 g/mol. The van der Waals surface area contributed by atoms with Crippen LogP contribution >= 0.6 is 0 Å². The number of amides is 2. The molecule has 0 aliphatic carbocycles. The molecular weight excluding hydrogens is 328 g/mol. The number of carbonyl (C=O) groups excluding carboxylic acids is 2. The van der Waals surface area contributed by atoms with Crippen molar-refractivity contribution < 1.29 is 9.59 Å². The predicted octanol–water partition coefficient (Wildman–Crippen LogP) is 2.32. The van der Waals surface area contributed by atoms with Gasteiger partial charge in [0.15, 0.2) is 0 Å². The molecule has 1 unspecified atom stereocenters. The Morgan fingerprint density at radius 2 is 1.77 bits per heavy atom. The SMILES string of the molecule is N#CCNC(=O)C(CNC(=O)c1ccccc1)c1c[nH]c2ccccc12. The van der Waals surface area contributed by atoms with Gasteiger partial charge in [-0.25, -0.2) is 0 Å². The molecule has 0 saturated heterocycles. The van der Waals surface area contributed by atoms with E-state index < -0.39 is 5.92 Å². The first-order valence-electron chi connectivity index (χ1n) is 8.24. The van der Waals surface area contributed by atoms with Gasteiger partial charge in [0.2, 0.25) is 5.91 Å². The molecule has 1 heterocycles. The van der Waals surface area contributed by atoms with Crippen molar-refractivity contribution in [3.05, 3.63) is 71.9 Å². The Labute approximate surface area is 150 Å². The van der Waals surface area contributed by atoms with Gasteiger partial charge in [-0.2, -0.15) is 5.26 Å². The molecule has 3 aromatic rings. The topological polar surface area (TPSA) is 97.8 Å². The molecule has 3 rings (SSSR count). The quantitative estimate of drug-likeness (QED) is 0.597. The van der Waals surface area contributed by atoms with Crippen molar-refractivity contribution in [1.29, 1.82) is 5.26 Å². The molecule has 1 atom stereocenters. The van der Waals surface area contributed by atoms with Gasteiger partial charge in [0.1, 0.15) is 6.54 Å². The number of hydrogen-bond acceptors (Lipinski definition) is 3. The lowest BCUT2D eigenvalue weighted by Gasteiger charge is -2.16. The average Bonchev–Trinajstić information content (AvgIpc) is 3.11. The first-order chi connectivity index (χ1) is 12.7. The Morgan fingerprint density at radius 3 is 2.54 bits per heavy atom. The molecule has 0 radical (unpaired) electrons. The lowest BCUT2D eigenvalue weighted by molar-refractivity contribution is -0.122.